The van der Waals surface area contributed by atoms with Gasteiger partial charge >= 0.3 is 0 Å². The van der Waals surface area contributed by atoms with Crippen LogP contribution in [0.15, 0.2) is 0 Å². The summed E-state index contributed by atoms with van der Waals surface area (Å²) in [6, 6.07) is 0. The highest BCUT2D eigenvalue weighted by Crippen LogP contribution is 2.00. The van der Waals surface area contributed by atoms with Gasteiger partial charge < -0.3 is 5.32 Å². The van der Waals surface area contributed by atoms with Gasteiger partial charge in [-0.15, -0.1) is 0 Å². The van der Waals surface area contributed by atoms with Crippen LogP contribution < -0.4 is 5.32 Å². The Morgan fingerprint density at radius 3 is 2.25 bits per heavy atom. The molecule has 0 unspecified atom stereocenters. The summed E-state index contributed by atoms with van der Waals surface area (Å²) in [5.41, 5.74) is 0. The standard InChI is InChI=1S/C11H24BrNO2S/c1-2-16(14,15)11-7-10-13-9-6-4-3-5-8-12/h13H,2-11H2,1H3. The molecule has 0 spiro atoms. The maximum Gasteiger partial charge on any atom is 0.150 e. The number of unbranched alkanes of at least 4 members (excludes halogenated alkanes) is 3. The summed E-state index contributed by atoms with van der Waals surface area (Å²) in [7, 11) is -2.77. The maximum absolute atomic E-state index is 11.2. The van der Waals surface area contributed by atoms with Gasteiger partial charge in [0.25, 0.3) is 0 Å². The van der Waals surface area contributed by atoms with Crippen molar-refractivity contribution in [2.24, 2.45) is 0 Å². The van der Waals surface area contributed by atoms with Crippen LogP contribution in [0.2, 0.25) is 0 Å². The quantitative estimate of drug-likeness (QED) is 0.470. The van der Waals surface area contributed by atoms with E-state index < -0.39 is 9.84 Å². The zero-order valence-electron chi connectivity index (χ0n) is 10.2. The Hall–Kier alpha value is 0.390. The highest BCUT2D eigenvalue weighted by Gasteiger charge is 2.05. The number of alkyl halides is 1. The number of halogens is 1. The molecule has 98 valence electrons. The largest absolute Gasteiger partial charge is 0.317 e. The zero-order valence-corrected chi connectivity index (χ0v) is 12.6. The topological polar surface area (TPSA) is 46.2 Å². The minimum atomic E-state index is -2.77. The number of hydrogen-bond acceptors (Lipinski definition) is 3. The first-order chi connectivity index (χ1) is 7.62. The van der Waals surface area contributed by atoms with Gasteiger partial charge in [0.05, 0.1) is 5.75 Å². The van der Waals surface area contributed by atoms with Crippen molar-refractivity contribution in [1.82, 2.24) is 5.32 Å². The third-order valence-electron chi connectivity index (χ3n) is 2.49. The van der Waals surface area contributed by atoms with Gasteiger partial charge in [0.1, 0.15) is 9.84 Å². The van der Waals surface area contributed by atoms with Crippen LogP contribution in [0.25, 0.3) is 0 Å². The van der Waals surface area contributed by atoms with Crippen LogP contribution in [0, 0.1) is 0 Å². The van der Waals surface area contributed by atoms with E-state index in [1.165, 1.54) is 25.7 Å². The van der Waals surface area contributed by atoms with Crippen LogP contribution >= 0.6 is 15.9 Å². The highest BCUT2D eigenvalue weighted by atomic mass is 79.9. The first kappa shape index (κ1) is 16.4. The summed E-state index contributed by atoms with van der Waals surface area (Å²) >= 11 is 3.41. The van der Waals surface area contributed by atoms with Crippen molar-refractivity contribution < 1.29 is 8.42 Å². The van der Waals surface area contributed by atoms with Gasteiger partial charge in [-0.05, 0) is 32.4 Å². The maximum atomic E-state index is 11.2. The van der Waals surface area contributed by atoms with E-state index in [9.17, 15) is 8.42 Å². The summed E-state index contributed by atoms with van der Waals surface area (Å²) in [4.78, 5) is 0. The molecule has 0 saturated heterocycles. The molecule has 0 aromatic heterocycles. The van der Waals surface area contributed by atoms with Crippen LogP contribution in [-0.2, 0) is 9.84 Å². The fourth-order valence-electron chi connectivity index (χ4n) is 1.38. The second kappa shape index (κ2) is 10.5. The normalized spacial score (nSPS) is 11.9. The molecule has 0 radical (unpaired) electrons. The lowest BCUT2D eigenvalue weighted by Gasteiger charge is -2.04. The van der Waals surface area contributed by atoms with E-state index in [2.05, 4.69) is 21.2 Å². The Morgan fingerprint density at radius 2 is 1.62 bits per heavy atom. The number of hydrogen-bond donors (Lipinski definition) is 1. The molecule has 0 rings (SSSR count). The Kier molecular flexibility index (Phi) is 10.8. The molecule has 0 aromatic carbocycles. The van der Waals surface area contributed by atoms with Crippen LogP contribution in [0.4, 0.5) is 0 Å². The molecule has 0 heterocycles. The molecule has 1 N–H and O–H groups in total. The van der Waals surface area contributed by atoms with Crippen molar-refractivity contribution in [3.05, 3.63) is 0 Å². The fourth-order valence-corrected chi connectivity index (χ4v) is 2.65. The summed E-state index contributed by atoms with van der Waals surface area (Å²) in [6.07, 6.45) is 5.70. The van der Waals surface area contributed by atoms with Crippen LogP contribution in [0.3, 0.4) is 0 Å². The second-order valence-corrected chi connectivity index (χ2v) is 7.21. The minimum Gasteiger partial charge on any atom is -0.317 e. The predicted molar refractivity (Wildman–Crippen MR) is 74.1 cm³/mol. The highest BCUT2D eigenvalue weighted by molar-refractivity contribution is 9.09. The lowest BCUT2D eigenvalue weighted by atomic mass is 10.2. The van der Waals surface area contributed by atoms with E-state index in [1.807, 2.05) is 0 Å². The van der Waals surface area contributed by atoms with E-state index in [0.717, 1.165) is 24.8 Å². The van der Waals surface area contributed by atoms with E-state index in [1.54, 1.807) is 6.92 Å². The fraction of sp³-hybridized carbons (Fsp3) is 1.00. The predicted octanol–water partition coefficient (Wildman–Crippen LogP) is 2.36. The third kappa shape index (κ3) is 10.9. The van der Waals surface area contributed by atoms with Crippen LogP contribution in [0.1, 0.15) is 39.0 Å². The van der Waals surface area contributed by atoms with E-state index in [-0.39, 0.29) is 5.75 Å². The van der Waals surface area contributed by atoms with Crippen molar-refractivity contribution in [2.75, 3.05) is 29.9 Å². The van der Waals surface area contributed by atoms with Crippen molar-refractivity contribution in [3.8, 4) is 0 Å². The Balaban J connectivity index is 3.16. The molecule has 0 saturated carbocycles. The van der Waals surface area contributed by atoms with Gasteiger partial charge in [-0.2, -0.15) is 0 Å². The zero-order chi connectivity index (χ0) is 12.3. The molecule has 0 aliphatic carbocycles. The van der Waals surface area contributed by atoms with Crippen molar-refractivity contribution in [3.63, 3.8) is 0 Å². The summed E-state index contributed by atoms with van der Waals surface area (Å²) < 4.78 is 22.3. The Labute approximate surface area is 108 Å². The van der Waals surface area contributed by atoms with Crippen molar-refractivity contribution >= 4 is 25.8 Å². The molecule has 0 fully saturated rings. The Bertz CT molecular complexity index is 242. The van der Waals surface area contributed by atoms with Crippen LogP contribution in [0.5, 0.6) is 0 Å². The second-order valence-electron chi connectivity index (χ2n) is 3.94. The minimum absolute atomic E-state index is 0.263. The van der Waals surface area contributed by atoms with E-state index in [4.69, 9.17) is 0 Å². The van der Waals surface area contributed by atoms with Gasteiger partial charge in [-0.3, -0.25) is 0 Å². The average Bonchev–Trinajstić information content (AvgIpc) is 2.27. The molecule has 0 amide bonds. The van der Waals surface area contributed by atoms with E-state index >= 15 is 0 Å². The molecule has 0 aliphatic rings. The van der Waals surface area contributed by atoms with Crippen LogP contribution in [-0.4, -0.2) is 38.3 Å². The third-order valence-corrected chi connectivity index (χ3v) is 4.84. The van der Waals surface area contributed by atoms with Gasteiger partial charge in [-0.25, -0.2) is 8.42 Å². The Morgan fingerprint density at radius 1 is 1.00 bits per heavy atom. The average molecular weight is 314 g/mol. The lowest BCUT2D eigenvalue weighted by Crippen LogP contribution is -2.20. The van der Waals surface area contributed by atoms with Gasteiger partial charge in [0, 0.05) is 11.1 Å². The number of sulfone groups is 1. The monoisotopic (exact) mass is 313 g/mol. The summed E-state index contributed by atoms with van der Waals surface area (Å²) in [5.74, 6) is 0.583. The summed E-state index contributed by atoms with van der Waals surface area (Å²) in [5, 5.41) is 4.38. The van der Waals surface area contributed by atoms with Crippen molar-refractivity contribution in [1.29, 1.82) is 0 Å². The first-order valence-corrected chi connectivity index (χ1v) is 9.03. The smallest absolute Gasteiger partial charge is 0.150 e. The molecule has 5 heteroatoms. The summed E-state index contributed by atoms with van der Waals surface area (Å²) in [6.45, 7) is 3.53. The molecule has 0 aromatic rings. The van der Waals surface area contributed by atoms with Gasteiger partial charge in [0.2, 0.25) is 0 Å². The molecular weight excluding hydrogens is 290 g/mol. The molecule has 0 aliphatic heterocycles. The molecule has 0 atom stereocenters. The molecular formula is C11H24BrNO2S. The van der Waals surface area contributed by atoms with Gasteiger partial charge in [0.15, 0.2) is 0 Å². The molecule has 16 heavy (non-hydrogen) atoms. The van der Waals surface area contributed by atoms with E-state index in [0.29, 0.717) is 5.75 Å². The lowest BCUT2D eigenvalue weighted by molar-refractivity contribution is 0.579. The van der Waals surface area contributed by atoms with Gasteiger partial charge in [-0.1, -0.05) is 35.7 Å². The SMILES string of the molecule is CCS(=O)(=O)CCCNCCCCCCBr. The first-order valence-electron chi connectivity index (χ1n) is 6.09. The molecule has 0 bridgehead atoms. The van der Waals surface area contributed by atoms with Crippen molar-refractivity contribution in [2.45, 2.75) is 39.0 Å². The number of rotatable bonds is 11. The number of nitrogens with one attached hydrogen (secondary N) is 1. The molecule has 3 nitrogen and oxygen atoms in total.